The SMILES string of the molecule is Nc1cccc2c(C(=O)O)nc(CNC3CCC3)n12. The smallest absolute Gasteiger partial charge is 0.356 e. The molecule has 2 heterocycles. The Morgan fingerprint density at radius 3 is 2.95 bits per heavy atom. The average Bonchev–Trinajstić information content (AvgIpc) is 2.68. The lowest BCUT2D eigenvalue weighted by molar-refractivity contribution is 0.0693. The van der Waals surface area contributed by atoms with E-state index in [0.717, 1.165) is 0 Å². The zero-order valence-electron chi connectivity index (χ0n) is 10.5. The van der Waals surface area contributed by atoms with Gasteiger partial charge in [0.2, 0.25) is 0 Å². The van der Waals surface area contributed by atoms with E-state index in [0.29, 0.717) is 29.7 Å². The van der Waals surface area contributed by atoms with E-state index in [1.165, 1.54) is 19.3 Å². The molecule has 0 saturated heterocycles. The quantitative estimate of drug-likeness (QED) is 0.769. The lowest BCUT2D eigenvalue weighted by Crippen LogP contribution is -2.35. The number of rotatable bonds is 4. The van der Waals surface area contributed by atoms with Gasteiger partial charge in [0.05, 0.1) is 12.1 Å². The van der Waals surface area contributed by atoms with Crippen molar-refractivity contribution >= 4 is 17.3 Å². The molecular weight excluding hydrogens is 244 g/mol. The molecule has 0 atom stereocenters. The first-order valence-corrected chi connectivity index (χ1v) is 6.39. The van der Waals surface area contributed by atoms with Crippen LogP contribution in [0.4, 0.5) is 5.82 Å². The Balaban J connectivity index is 1.99. The predicted molar refractivity (Wildman–Crippen MR) is 71.0 cm³/mol. The van der Waals surface area contributed by atoms with Gasteiger partial charge in [-0.25, -0.2) is 9.78 Å². The van der Waals surface area contributed by atoms with Crippen molar-refractivity contribution in [3.05, 3.63) is 29.7 Å². The molecule has 0 radical (unpaired) electrons. The van der Waals surface area contributed by atoms with Crippen LogP contribution in [0.5, 0.6) is 0 Å². The van der Waals surface area contributed by atoms with Gasteiger partial charge in [0.25, 0.3) is 0 Å². The Labute approximate surface area is 110 Å². The Hall–Kier alpha value is -2.08. The minimum atomic E-state index is -1.03. The number of aromatic carboxylic acids is 1. The average molecular weight is 260 g/mol. The van der Waals surface area contributed by atoms with Crippen LogP contribution >= 0.6 is 0 Å². The minimum absolute atomic E-state index is 0.0534. The van der Waals surface area contributed by atoms with Crippen LogP contribution in [0.25, 0.3) is 5.52 Å². The first-order chi connectivity index (χ1) is 9.16. The predicted octanol–water partition coefficient (Wildman–Crippen LogP) is 1.26. The summed E-state index contributed by atoms with van der Waals surface area (Å²) >= 11 is 0. The molecule has 0 amide bonds. The van der Waals surface area contributed by atoms with Crippen LogP contribution in [-0.2, 0) is 6.54 Å². The van der Waals surface area contributed by atoms with Crippen molar-refractivity contribution < 1.29 is 9.90 Å². The highest BCUT2D eigenvalue weighted by molar-refractivity contribution is 5.94. The maximum atomic E-state index is 11.2. The largest absolute Gasteiger partial charge is 0.476 e. The highest BCUT2D eigenvalue weighted by Crippen LogP contribution is 2.20. The second-order valence-electron chi connectivity index (χ2n) is 4.86. The molecule has 0 unspecified atom stereocenters. The van der Waals surface area contributed by atoms with Crippen LogP contribution in [0, 0.1) is 0 Å². The van der Waals surface area contributed by atoms with Crippen molar-refractivity contribution in [3.63, 3.8) is 0 Å². The number of nitrogens with zero attached hydrogens (tertiary/aromatic N) is 2. The summed E-state index contributed by atoms with van der Waals surface area (Å²) in [5, 5.41) is 12.6. The van der Waals surface area contributed by atoms with E-state index in [9.17, 15) is 9.90 Å². The van der Waals surface area contributed by atoms with E-state index in [1.807, 2.05) is 0 Å². The summed E-state index contributed by atoms with van der Waals surface area (Å²) in [5.74, 6) is 0.123. The number of hydrogen-bond donors (Lipinski definition) is 3. The summed E-state index contributed by atoms with van der Waals surface area (Å²) < 4.78 is 1.70. The first kappa shape index (κ1) is 12.0. The van der Waals surface area contributed by atoms with Crippen molar-refractivity contribution in [2.45, 2.75) is 31.8 Å². The van der Waals surface area contributed by atoms with E-state index < -0.39 is 5.97 Å². The lowest BCUT2D eigenvalue weighted by atomic mass is 9.93. The Bertz CT molecular complexity index is 631. The third kappa shape index (κ3) is 2.04. The molecule has 6 nitrogen and oxygen atoms in total. The molecule has 100 valence electrons. The summed E-state index contributed by atoms with van der Waals surface area (Å²) in [6, 6.07) is 5.72. The molecule has 1 saturated carbocycles. The zero-order chi connectivity index (χ0) is 13.4. The highest BCUT2D eigenvalue weighted by Gasteiger charge is 2.20. The molecule has 0 aliphatic heterocycles. The van der Waals surface area contributed by atoms with Crippen molar-refractivity contribution in [2.24, 2.45) is 0 Å². The fourth-order valence-corrected chi connectivity index (χ4v) is 2.36. The number of anilines is 1. The van der Waals surface area contributed by atoms with Crippen molar-refractivity contribution in [2.75, 3.05) is 5.73 Å². The van der Waals surface area contributed by atoms with Crippen LogP contribution in [-0.4, -0.2) is 26.5 Å². The fraction of sp³-hybridized carbons (Fsp3) is 0.385. The van der Waals surface area contributed by atoms with Crippen LogP contribution in [0.3, 0.4) is 0 Å². The molecule has 4 N–H and O–H groups in total. The number of nitrogen functional groups attached to an aromatic ring is 1. The topological polar surface area (TPSA) is 92.7 Å². The van der Waals surface area contributed by atoms with E-state index in [4.69, 9.17) is 5.73 Å². The lowest BCUT2D eigenvalue weighted by Gasteiger charge is -2.26. The zero-order valence-corrected chi connectivity index (χ0v) is 10.5. The molecule has 1 aliphatic rings. The molecule has 3 rings (SSSR count). The Morgan fingerprint density at radius 2 is 2.32 bits per heavy atom. The molecule has 2 aromatic heterocycles. The molecule has 6 heteroatoms. The van der Waals surface area contributed by atoms with Gasteiger partial charge in [-0.1, -0.05) is 12.5 Å². The van der Waals surface area contributed by atoms with Gasteiger partial charge >= 0.3 is 5.97 Å². The van der Waals surface area contributed by atoms with E-state index in [2.05, 4.69) is 10.3 Å². The maximum Gasteiger partial charge on any atom is 0.356 e. The minimum Gasteiger partial charge on any atom is -0.476 e. The van der Waals surface area contributed by atoms with Gasteiger partial charge in [-0.15, -0.1) is 0 Å². The molecule has 19 heavy (non-hydrogen) atoms. The first-order valence-electron chi connectivity index (χ1n) is 6.39. The van der Waals surface area contributed by atoms with E-state index in [1.54, 1.807) is 22.6 Å². The molecule has 0 spiro atoms. The standard InChI is InChI=1S/C13H16N4O2/c14-10-6-2-5-9-12(13(18)19)16-11(17(9)10)7-15-8-3-1-4-8/h2,5-6,8,15H,1,3-4,7,14H2,(H,18,19). The number of aromatic nitrogens is 2. The summed E-state index contributed by atoms with van der Waals surface area (Å²) in [5.41, 5.74) is 6.52. The van der Waals surface area contributed by atoms with Crippen molar-refractivity contribution in [3.8, 4) is 0 Å². The van der Waals surface area contributed by atoms with Gasteiger partial charge in [0.15, 0.2) is 5.69 Å². The van der Waals surface area contributed by atoms with Crippen LogP contribution < -0.4 is 11.1 Å². The number of nitrogens with two attached hydrogens (primary N) is 1. The summed E-state index contributed by atoms with van der Waals surface area (Å²) in [4.78, 5) is 15.4. The third-order valence-corrected chi connectivity index (χ3v) is 3.62. The molecule has 1 fully saturated rings. The molecule has 1 aliphatic carbocycles. The number of imidazole rings is 1. The van der Waals surface area contributed by atoms with Crippen LogP contribution in [0.1, 0.15) is 35.6 Å². The van der Waals surface area contributed by atoms with Gasteiger partial charge < -0.3 is 16.2 Å². The summed E-state index contributed by atoms with van der Waals surface area (Å²) in [7, 11) is 0. The summed E-state index contributed by atoms with van der Waals surface area (Å²) in [6.07, 6.45) is 3.59. The molecule has 2 aromatic rings. The Kier molecular flexibility index (Phi) is 2.87. The fourth-order valence-electron chi connectivity index (χ4n) is 2.36. The summed E-state index contributed by atoms with van der Waals surface area (Å²) in [6.45, 7) is 0.535. The second kappa shape index (κ2) is 4.55. The number of fused-ring (bicyclic) bond motifs is 1. The monoisotopic (exact) mass is 260 g/mol. The van der Waals surface area contributed by atoms with Crippen molar-refractivity contribution in [1.82, 2.24) is 14.7 Å². The number of carboxylic acid groups (broad SMARTS) is 1. The van der Waals surface area contributed by atoms with Gasteiger partial charge in [0.1, 0.15) is 11.6 Å². The van der Waals surface area contributed by atoms with E-state index >= 15 is 0 Å². The van der Waals surface area contributed by atoms with Crippen molar-refractivity contribution in [1.29, 1.82) is 0 Å². The molecule has 0 bridgehead atoms. The number of carbonyl (C=O) groups is 1. The number of carboxylic acids is 1. The van der Waals surface area contributed by atoms with Crippen LogP contribution in [0.2, 0.25) is 0 Å². The van der Waals surface area contributed by atoms with Crippen LogP contribution in [0.15, 0.2) is 18.2 Å². The Morgan fingerprint density at radius 1 is 1.53 bits per heavy atom. The molecular formula is C13H16N4O2. The number of pyridine rings is 1. The van der Waals surface area contributed by atoms with Gasteiger partial charge in [0, 0.05) is 6.04 Å². The van der Waals surface area contributed by atoms with Gasteiger partial charge in [-0.3, -0.25) is 4.40 Å². The highest BCUT2D eigenvalue weighted by atomic mass is 16.4. The molecule has 0 aromatic carbocycles. The second-order valence-corrected chi connectivity index (χ2v) is 4.86. The van der Waals surface area contributed by atoms with Gasteiger partial charge in [-0.2, -0.15) is 0 Å². The van der Waals surface area contributed by atoms with Gasteiger partial charge in [-0.05, 0) is 25.0 Å². The normalized spacial score (nSPS) is 15.6. The maximum absolute atomic E-state index is 11.2. The number of hydrogen-bond acceptors (Lipinski definition) is 4. The number of nitrogens with one attached hydrogen (secondary N) is 1. The van der Waals surface area contributed by atoms with E-state index in [-0.39, 0.29) is 5.69 Å². The third-order valence-electron chi connectivity index (χ3n) is 3.62.